The van der Waals surface area contributed by atoms with Crippen LogP contribution in [0.3, 0.4) is 0 Å². The van der Waals surface area contributed by atoms with E-state index >= 15 is 0 Å². The molecule has 1 N–H and O–H groups in total. The second-order valence-electron chi connectivity index (χ2n) is 6.87. The van der Waals surface area contributed by atoms with Crippen LogP contribution in [-0.2, 0) is 9.59 Å². The van der Waals surface area contributed by atoms with E-state index in [1.54, 1.807) is 53.4 Å². The van der Waals surface area contributed by atoms with Crippen molar-refractivity contribution in [1.29, 1.82) is 5.26 Å². The standard InChI is InChI=1S/C22H18N2O3/c23-13-14-4-8-16(9-5-14)24-19-2-1-3-20(26)22(19)18(12-21(24)27)15-6-10-17(25)11-7-15/h4-11,18,25H,1-3,12H2. The molecule has 0 aromatic heterocycles. The Bertz CT molecular complexity index is 982. The Morgan fingerprint density at radius 2 is 1.70 bits per heavy atom. The number of phenols is 1. The summed E-state index contributed by atoms with van der Waals surface area (Å²) in [5, 5.41) is 18.5. The third kappa shape index (κ3) is 3.00. The summed E-state index contributed by atoms with van der Waals surface area (Å²) >= 11 is 0. The van der Waals surface area contributed by atoms with Crippen molar-refractivity contribution >= 4 is 17.4 Å². The maximum atomic E-state index is 13.0. The lowest BCUT2D eigenvalue weighted by Crippen LogP contribution is -2.40. The zero-order valence-corrected chi connectivity index (χ0v) is 14.7. The van der Waals surface area contributed by atoms with Crippen molar-refractivity contribution in [2.45, 2.75) is 31.6 Å². The molecule has 1 aliphatic heterocycles. The van der Waals surface area contributed by atoms with Crippen LogP contribution in [0.2, 0.25) is 0 Å². The van der Waals surface area contributed by atoms with Crippen molar-refractivity contribution in [2.24, 2.45) is 0 Å². The third-order valence-corrected chi connectivity index (χ3v) is 5.23. The van der Waals surface area contributed by atoms with Crippen LogP contribution in [-0.4, -0.2) is 16.8 Å². The number of hydrogen-bond acceptors (Lipinski definition) is 4. The van der Waals surface area contributed by atoms with Crippen molar-refractivity contribution in [3.05, 3.63) is 70.9 Å². The molecule has 2 aromatic rings. The van der Waals surface area contributed by atoms with Crippen LogP contribution >= 0.6 is 0 Å². The molecule has 1 unspecified atom stereocenters. The number of carbonyl (C=O) groups excluding carboxylic acids is 2. The Hall–Kier alpha value is -3.39. The molecular formula is C22H18N2O3. The monoisotopic (exact) mass is 358 g/mol. The molecule has 2 aromatic carbocycles. The molecule has 134 valence electrons. The van der Waals surface area contributed by atoms with Gasteiger partial charge in [0.25, 0.3) is 0 Å². The van der Waals surface area contributed by atoms with Crippen LogP contribution in [0.25, 0.3) is 0 Å². The molecule has 0 saturated carbocycles. The van der Waals surface area contributed by atoms with Crippen LogP contribution < -0.4 is 4.90 Å². The molecule has 2 aliphatic rings. The lowest BCUT2D eigenvalue weighted by atomic mass is 9.77. The number of Topliss-reactive ketones (excluding diaryl/α,β-unsaturated/α-hetero) is 1. The fraction of sp³-hybridized carbons (Fsp3) is 0.227. The molecule has 0 fully saturated rings. The van der Waals surface area contributed by atoms with E-state index in [1.165, 1.54) is 0 Å². The Labute approximate surface area is 157 Å². The van der Waals surface area contributed by atoms with Gasteiger partial charge in [0.2, 0.25) is 5.91 Å². The van der Waals surface area contributed by atoms with Gasteiger partial charge in [-0.1, -0.05) is 12.1 Å². The summed E-state index contributed by atoms with van der Waals surface area (Å²) < 4.78 is 0. The Morgan fingerprint density at radius 3 is 2.37 bits per heavy atom. The molecule has 27 heavy (non-hydrogen) atoms. The number of hydrogen-bond donors (Lipinski definition) is 1. The first kappa shape index (κ1) is 17.0. The minimum absolute atomic E-state index is 0.0637. The van der Waals surface area contributed by atoms with Gasteiger partial charge in [0.1, 0.15) is 5.75 Å². The van der Waals surface area contributed by atoms with Gasteiger partial charge in [0.05, 0.1) is 11.6 Å². The quantitative estimate of drug-likeness (QED) is 0.885. The van der Waals surface area contributed by atoms with Gasteiger partial charge in [0.15, 0.2) is 5.78 Å². The molecule has 5 heteroatoms. The number of rotatable bonds is 2. The van der Waals surface area contributed by atoms with Crippen molar-refractivity contribution in [2.75, 3.05) is 4.90 Å². The number of amides is 1. The topological polar surface area (TPSA) is 81.4 Å². The highest BCUT2D eigenvalue weighted by atomic mass is 16.3. The van der Waals surface area contributed by atoms with E-state index in [4.69, 9.17) is 5.26 Å². The number of allylic oxidation sites excluding steroid dienone is 2. The second-order valence-corrected chi connectivity index (χ2v) is 6.87. The summed E-state index contributed by atoms with van der Waals surface area (Å²) in [6.45, 7) is 0. The summed E-state index contributed by atoms with van der Waals surface area (Å²) in [5.41, 5.74) is 3.55. The number of ketones is 1. The number of anilines is 1. The molecular weight excluding hydrogens is 340 g/mol. The van der Waals surface area contributed by atoms with Crippen molar-refractivity contribution < 1.29 is 14.7 Å². The maximum Gasteiger partial charge on any atom is 0.232 e. The fourth-order valence-electron chi connectivity index (χ4n) is 3.97. The molecule has 0 saturated heterocycles. The van der Waals surface area contributed by atoms with Gasteiger partial charge in [-0.2, -0.15) is 5.26 Å². The molecule has 1 amide bonds. The summed E-state index contributed by atoms with van der Waals surface area (Å²) in [7, 11) is 0. The predicted octanol–water partition coefficient (Wildman–Crippen LogP) is 3.79. The van der Waals surface area contributed by atoms with E-state index in [2.05, 4.69) is 6.07 Å². The maximum absolute atomic E-state index is 13.0. The fourth-order valence-corrected chi connectivity index (χ4v) is 3.97. The zero-order valence-electron chi connectivity index (χ0n) is 14.7. The summed E-state index contributed by atoms with van der Waals surface area (Å²) in [6.07, 6.45) is 2.08. The number of benzene rings is 2. The van der Waals surface area contributed by atoms with E-state index in [0.717, 1.165) is 17.7 Å². The normalized spacial score (nSPS) is 19.7. The number of nitrogens with zero attached hydrogens (tertiary/aromatic N) is 2. The number of carbonyl (C=O) groups is 2. The van der Waals surface area contributed by atoms with Crippen LogP contribution in [0.5, 0.6) is 5.75 Å². The van der Waals surface area contributed by atoms with Crippen LogP contribution in [0, 0.1) is 11.3 Å². The molecule has 0 spiro atoms. The average Bonchev–Trinajstić information content (AvgIpc) is 2.68. The lowest BCUT2D eigenvalue weighted by molar-refractivity contribution is -0.119. The van der Waals surface area contributed by atoms with Gasteiger partial charge < -0.3 is 5.11 Å². The van der Waals surface area contributed by atoms with E-state index < -0.39 is 0 Å². The molecule has 0 bridgehead atoms. The minimum atomic E-state index is -0.282. The third-order valence-electron chi connectivity index (χ3n) is 5.23. The predicted molar refractivity (Wildman–Crippen MR) is 100.0 cm³/mol. The summed E-state index contributed by atoms with van der Waals surface area (Å²) in [4.78, 5) is 27.4. The van der Waals surface area contributed by atoms with Crippen LogP contribution in [0.4, 0.5) is 5.69 Å². The van der Waals surface area contributed by atoms with Gasteiger partial charge in [-0.3, -0.25) is 14.5 Å². The first-order valence-corrected chi connectivity index (χ1v) is 8.97. The second kappa shape index (κ2) is 6.73. The zero-order chi connectivity index (χ0) is 19.0. The van der Waals surface area contributed by atoms with Crippen LogP contribution in [0.1, 0.15) is 42.7 Å². The molecule has 5 nitrogen and oxygen atoms in total. The smallest absolute Gasteiger partial charge is 0.232 e. The van der Waals surface area contributed by atoms with Gasteiger partial charge >= 0.3 is 0 Å². The number of phenolic OH excluding ortho intramolecular Hbond substituents is 1. The highest BCUT2D eigenvalue weighted by Gasteiger charge is 2.39. The highest BCUT2D eigenvalue weighted by Crippen LogP contribution is 2.43. The first-order valence-electron chi connectivity index (χ1n) is 8.97. The van der Waals surface area contributed by atoms with Gasteiger partial charge in [-0.25, -0.2) is 0 Å². The summed E-state index contributed by atoms with van der Waals surface area (Å²) in [6, 6.07) is 15.7. The Morgan fingerprint density at radius 1 is 1.00 bits per heavy atom. The average molecular weight is 358 g/mol. The molecule has 0 radical (unpaired) electrons. The van der Waals surface area contributed by atoms with E-state index in [0.29, 0.717) is 29.7 Å². The molecule has 1 atom stereocenters. The largest absolute Gasteiger partial charge is 0.508 e. The molecule has 1 heterocycles. The van der Waals surface area contributed by atoms with Gasteiger partial charge in [0, 0.05) is 35.7 Å². The van der Waals surface area contributed by atoms with E-state index in [1.807, 2.05) is 0 Å². The van der Waals surface area contributed by atoms with Crippen LogP contribution in [0.15, 0.2) is 59.8 Å². The van der Waals surface area contributed by atoms with Crippen molar-refractivity contribution in [1.82, 2.24) is 0 Å². The summed E-state index contributed by atoms with van der Waals surface area (Å²) in [5.74, 6) is -0.105. The SMILES string of the molecule is N#Cc1ccc(N2C(=O)CC(c3ccc(O)cc3)C3=C2CCCC3=O)cc1. The Kier molecular flexibility index (Phi) is 4.25. The van der Waals surface area contributed by atoms with E-state index in [9.17, 15) is 14.7 Å². The van der Waals surface area contributed by atoms with Gasteiger partial charge in [-0.15, -0.1) is 0 Å². The minimum Gasteiger partial charge on any atom is -0.508 e. The van der Waals surface area contributed by atoms with Crippen molar-refractivity contribution in [3.63, 3.8) is 0 Å². The van der Waals surface area contributed by atoms with Crippen molar-refractivity contribution in [3.8, 4) is 11.8 Å². The lowest BCUT2D eigenvalue weighted by Gasteiger charge is -2.38. The highest BCUT2D eigenvalue weighted by molar-refractivity contribution is 6.07. The Balaban J connectivity index is 1.82. The van der Waals surface area contributed by atoms with Gasteiger partial charge in [-0.05, 0) is 54.8 Å². The molecule has 4 rings (SSSR count). The first-order chi connectivity index (χ1) is 13.1. The number of aromatic hydroxyl groups is 1. The van der Waals surface area contributed by atoms with E-state index in [-0.39, 0.29) is 29.8 Å². The number of nitriles is 1. The molecule has 1 aliphatic carbocycles.